The fraction of sp³-hybridized carbons (Fsp3) is 0.889. The van der Waals surface area contributed by atoms with Crippen LogP contribution in [0.15, 0.2) is 0 Å². The molecular weight excluding hydrogens is 168 g/mol. The fourth-order valence-corrected chi connectivity index (χ4v) is 2.06. The third-order valence-corrected chi connectivity index (χ3v) is 2.78. The molecule has 1 amide bonds. The van der Waals surface area contributed by atoms with Gasteiger partial charge in [-0.1, -0.05) is 0 Å². The number of nitrogens with zero attached hydrogens (tertiary/aromatic N) is 1. The highest BCUT2D eigenvalue weighted by Crippen LogP contribution is 2.23. The van der Waals surface area contributed by atoms with Crippen LogP contribution in [0.3, 0.4) is 0 Å². The summed E-state index contributed by atoms with van der Waals surface area (Å²) in [7, 11) is 0. The number of nitrogens with one attached hydrogen (secondary N) is 1. The van der Waals surface area contributed by atoms with E-state index in [1.54, 1.807) is 11.8 Å². The molecule has 0 aromatic rings. The van der Waals surface area contributed by atoms with Crippen molar-refractivity contribution in [3.63, 3.8) is 0 Å². The van der Waals surface area contributed by atoms with E-state index in [-0.39, 0.29) is 11.8 Å². The second-order valence-corrected chi connectivity index (χ2v) is 4.38. The largest absolute Gasteiger partial charge is 0.386 e. The highest BCUT2D eigenvalue weighted by Gasteiger charge is 2.41. The first-order chi connectivity index (χ1) is 6.08. The quantitative estimate of drug-likeness (QED) is 0.560. The minimum Gasteiger partial charge on any atom is -0.386 e. The number of aliphatic hydroxyl groups is 1. The molecule has 0 aromatic carbocycles. The van der Waals surface area contributed by atoms with Gasteiger partial charge in [0.25, 0.3) is 0 Å². The molecule has 2 rings (SSSR count). The molecule has 0 aliphatic carbocycles. The lowest BCUT2D eigenvalue weighted by Gasteiger charge is -2.45. The average molecular weight is 184 g/mol. The smallest absolute Gasteiger partial charge is 0.227 e. The Morgan fingerprint density at radius 3 is 2.77 bits per heavy atom. The van der Waals surface area contributed by atoms with Crippen LogP contribution in [0, 0.1) is 5.92 Å². The van der Waals surface area contributed by atoms with Crippen molar-refractivity contribution in [1.82, 2.24) is 10.2 Å². The first-order valence-electron chi connectivity index (χ1n) is 4.80. The second-order valence-electron chi connectivity index (χ2n) is 4.38. The van der Waals surface area contributed by atoms with E-state index in [0.29, 0.717) is 13.1 Å². The van der Waals surface area contributed by atoms with Crippen molar-refractivity contribution in [2.75, 3.05) is 26.2 Å². The number of hydrogen-bond acceptors (Lipinski definition) is 3. The van der Waals surface area contributed by atoms with E-state index in [1.165, 1.54) is 0 Å². The average Bonchev–Trinajstić information content (AvgIpc) is 2.50. The summed E-state index contributed by atoms with van der Waals surface area (Å²) >= 11 is 0. The van der Waals surface area contributed by atoms with Crippen LogP contribution in [0.25, 0.3) is 0 Å². The first kappa shape index (κ1) is 8.97. The molecule has 0 spiro atoms. The van der Waals surface area contributed by atoms with Crippen molar-refractivity contribution in [2.45, 2.75) is 18.9 Å². The third-order valence-electron chi connectivity index (χ3n) is 2.78. The van der Waals surface area contributed by atoms with Gasteiger partial charge in [0.15, 0.2) is 0 Å². The summed E-state index contributed by atoms with van der Waals surface area (Å²) in [4.78, 5) is 13.4. The maximum absolute atomic E-state index is 11.7. The van der Waals surface area contributed by atoms with E-state index in [1.807, 2.05) is 0 Å². The van der Waals surface area contributed by atoms with Crippen LogP contribution in [0.5, 0.6) is 0 Å². The molecule has 4 heteroatoms. The van der Waals surface area contributed by atoms with E-state index in [4.69, 9.17) is 0 Å². The Morgan fingerprint density at radius 2 is 2.31 bits per heavy atom. The van der Waals surface area contributed by atoms with Gasteiger partial charge in [0, 0.05) is 6.54 Å². The van der Waals surface area contributed by atoms with Crippen LogP contribution in [0.4, 0.5) is 0 Å². The zero-order chi connectivity index (χ0) is 9.47. The Kier molecular flexibility index (Phi) is 2.04. The molecule has 0 saturated carbocycles. The molecule has 2 heterocycles. The summed E-state index contributed by atoms with van der Waals surface area (Å²) in [5, 5.41) is 12.6. The van der Waals surface area contributed by atoms with E-state index in [0.717, 1.165) is 19.5 Å². The number of amides is 1. The van der Waals surface area contributed by atoms with E-state index < -0.39 is 5.60 Å². The molecule has 2 N–H and O–H groups in total. The van der Waals surface area contributed by atoms with Gasteiger partial charge < -0.3 is 15.3 Å². The van der Waals surface area contributed by atoms with Gasteiger partial charge in [-0.05, 0) is 19.9 Å². The molecule has 0 aromatic heterocycles. The highest BCUT2D eigenvalue weighted by molar-refractivity contribution is 5.80. The second kappa shape index (κ2) is 2.96. The minimum absolute atomic E-state index is 0.149. The third kappa shape index (κ3) is 1.69. The van der Waals surface area contributed by atoms with Crippen molar-refractivity contribution in [3.8, 4) is 0 Å². The normalized spacial score (nSPS) is 31.5. The van der Waals surface area contributed by atoms with Crippen LogP contribution >= 0.6 is 0 Å². The molecule has 2 aliphatic heterocycles. The summed E-state index contributed by atoms with van der Waals surface area (Å²) in [5.41, 5.74) is -0.637. The van der Waals surface area contributed by atoms with Crippen LogP contribution in [0.1, 0.15) is 13.3 Å². The maximum Gasteiger partial charge on any atom is 0.227 e. The molecule has 1 atom stereocenters. The SMILES string of the molecule is CC1(O)CN(C(=O)C2CCNC2)C1. The van der Waals surface area contributed by atoms with Crippen LogP contribution < -0.4 is 5.32 Å². The predicted octanol–water partition coefficient (Wildman–Crippen LogP) is -0.811. The first-order valence-corrected chi connectivity index (χ1v) is 4.80. The molecule has 2 saturated heterocycles. The minimum atomic E-state index is -0.637. The molecule has 74 valence electrons. The van der Waals surface area contributed by atoms with Gasteiger partial charge in [0.2, 0.25) is 5.91 Å². The number of carbonyl (C=O) groups excluding carboxylic acids is 1. The summed E-state index contributed by atoms with van der Waals surface area (Å²) < 4.78 is 0. The molecular formula is C9H16N2O2. The lowest BCUT2D eigenvalue weighted by molar-refractivity contribution is -0.156. The maximum atomic E-state index is 11.7. The zero-order valence-electron chi connectivity index (χ0n) is 7.92. The van der Waals surface area contributed by atoms with Crippen molar-refractivity contribution in [1.29, 1.82) is 0 Å². The van der Waals surface area contributed by atoms with Crippen LogP contribution in [0.2, 0.25) is 0 Å². The van der Waals surface area contributed by atoms with Crippen molar-refractivity contribution < 1.29 is 9.90 Å². The van der Waals surface area contributed by atoms with Crippen molar-refractivity contribution in [2.24, 2.45) is 5.92 Å². The number of likely N-dealkylation sites (tertiary alicyclic amines) is 1. The van der Waals surface area contributed by atoms with Crippen molar-refractivity contribution in [3.05, 3.63) is 0 Å². The number of hydrogen-bond donors (Lipinski definition) is 2. The fourth-order valence-electron chi connectivity index (χ4n) is 2.06. The van der Waals surface area contributed by atoms with Crippen LogP contribution in [-0.4, -0.2) is 47.7 Å². The van der Waals surface area contributed by atoms with Gasteiger partial charge in [-0.25, -0.2) is 0 Å². The van der Waals surface area contributed by atoms with Crippen LogP contribution in [-0.2, 0) is 4.79 Å². The zero-order valence-corrected chi connectivity index (χ0v) is 7.92. The number of carbonyl (C=O) groups is 1. The Labute approximate surface area is 77.9 Å². The summed E-state index contributed by atoms with van der Waals surface area (Å²) in [6.07, 6.45) is 0.942. The molecule has 0 radical (unpaired) electrons. The predicted molar refractivity (Wildman–Crippen MR) is 48.2 cm³/mol. The van der Waals surface area contributed by atoms with Gasteiger partial charge in [-0.15, -0.1) is 0 Å². The van der Waals surface area contributed by atoms with E-state index in [2.05, 4.69) is 5.32 Å². The molecule has 2 aliphatic rings. The Hall–Kier alpha value is -0.610. The molecule has 13 heavy (non-hydrogen) atoms. The van der Waals surface area contributed by atoms with Gasteiger partial charge in [0.1, 0.15) is 0 Å². The summed E-state index contributed by atoms with van der Waals surface area (Å²) in [5.74, 6) is 0.354. The lowest BCUT2D eigenvalue weighted by Crippen LogP contribution is -2.62. The van der Waals surface area contributed by atoms with Gasteiger partial charge >= 0.3 is 0 Å². The molecule has 2 fully saturated rings. The molecule has 0 bridgehead atoms. The summed E-state index contributed by atoms with van der Waals surface area (Å²) in [6, 6.07) is 0. The van der Waals surface area contributed by atoms with Crippen molar-refractivity contribution >= 4 is 5.91 Å². The number of β-amino-alcohol motifs (C(OH)–C–C–N with tert-alkyl or cyclic N) is 1. The monoisotopic (exact) mass is 184 g/mol. The summed E-state index contributed by atoms with van der Waals surface area (Å²) in [6.45, 7) is 4.52. The molecule has 4 nitrogen and oxygen atoms in total. The van der Waals surface area contributed by atoms with Gasteiger partial charge in [-0.3, -0.25) is 4.79 Å². The standard InChI is InChI=1S/C9H16N2O2/c1-9(13)5-11(6-9)8(12)7-2-3-10-4-7/h7,10,13H,2-6H2,1H3. The topological polar surface area (TPSA) is 52.6 Å². The van der Waals surface area contributed by atoms with E-state index in [9.17, 15) is 9.90 Å². The number of rotatable bonds is 1. The Bertz CT molecular complexity index is 214. The Morgan fingerprint density at radius 1 is 1.62 bits per heavy atom. The highest BCUT2D eigenvalue weighted by atomic mass is 16.3. The van der Waals surface area contributed by atoms with Gasteiger partial charge in [0.05, 0.1) is 24.6 Å². The lowest BCUT2D eigenvalue weighted by atomic mass is 9.94. The van der Waals surface area contributed by atoms with Gasteiger partial charge in [-0.2, -0.15) is 0 Å². The Balaban J connectivity index is 1.85. The molecule has 1 unspecified atom stereocenters. The van der Waals surface area contributed by atoms with E-state index >= 15 is 0 Å².